The topological polar surface area (TPSA) is 26.0 Å². The zero-order chi connectivity index (χ0) is 21.9. The van der Waals surface area contributed by atoms with Crippen molar-refractivity contribution in [1.29, 1.82) is 0 Å². The Hall–Kier alpha value is -0.0400. The molecule has 0 aromatic rings. The van der Waals surface area contributed by atoms with Crippen molar-refractivity contribution in [2.24, 2.45) is 32.8 Å². The normalized spacial score (nSPS) is 24.2. The molecule has 0 saturated heterocycles. The first-order valence-corrected chi connectivity index (χ1v) is 12.0. The first kappa shape index (κ1) is 27.0. The van der Waals surface area contributed by atoms with Crippen LogP contribution in [0.3, 0.4) is 0 Å². The van der Waals surface area contributed by atoms with Crippen molar-refractivity contribution in [3.05, 3.63) is 0 Å². The van der Waals surface area contributed by atoms with Gasteiger partial charge in [0.2, 0.25) is 0 Å². The molecule has 0 saturated carbocycles. The van der Waals surface area contributed by atoms with Gasteiger partial charge in [0.05, 0.1) is 0 Å². The second kappa shape index (κ2) is 8.76. The van der Waals surface area contributed by atoms with Crippen LogP contribution >= 0.6 is 0 Å². The van der Waals surface area contributed by atoms with Crippen LogP contribution in [-0.2, 0) is 0 Å². The highest BCUT2D eigenvalue weighted by Crippen LogP contribution is 2.71. The highest BCUT2D eigenvalue weighted by Gasteiger charge is 2.65. The molecule has 164 valence electrons. The number of nitrogens with two attached hydrogens (primary N) is 1. The maximum Gasteiger partial charge on any atom is 0.0182 e. The molecule has 1 nitrogen and oxygen atoms in total. The lowest BCUT2D eigenvalue weighted by molar-refractivity contribution is -0.202. The van der Waals surface area contributed by atoms with Crippen molar-refractivity contribution in [1.82, 2.24) is 0 Å². The SMILES string of the molecule is CCC(C)(N)C(C)(CC)C(C)(CC)C(C)(CC)C(C)(CC)C(C)(CC)CC. The van der Waals surface area contributed by atoms with E-state index in [2.05, 4.69) is 90.0 Å². The van der Waals surface area contributed by atoms with E-state index in [9.17, 15) is 0 Å². The molecule has 0 amide bonds. The summed E-state index contributed by atoms with van der Waals surface area (Å²) in [6.07, 6.45) is 8.22. The summed E-state index contributed by atoms with van der Waals surface area (Å²) in [5.74, 6) is 0. The molecule has 1 heteroatoms. The van der Waals surface area contributed by atoms with Gasteiger partial charge in [0, 0.05) is 5.54 Å². The van der Waals surface area contributed by atoms with E-state index in [1.54, 1.807) is 0 Å². The van der Waals surface area contributed by atoms with Gasteiger partial charge in [-0.1, -0.05) is 95.9 Å². The first-order valence-electron chi connectivity index (χ1n) is 12.0. The highest BCUT2D eigenvalue weighted by atomic mass is 14.8. The van der Waals surface area contributed by atoms with E-state index in [4.69, 9.17) is 5.73 Å². The van der Waals surface area contributed by atoms with Crippen molar-refractivity contribution < 1.29 is 0 Å². The monoisotopic (exact) mass is 381 g/mol. The van der Waals surface area contributed by atoms with E-state index in [0.29, 0.717) is 5.41 Å². The Balaban J connectivity index is 7.06. The van der Waals surface area contributed by atoms with Gasteiger partial charge in [-0.3, -0.25) is 0 Å². The lowest BCUT2D eigenvalue weighted by Crippen LogP contribution is -2.67. The molecule has 27 heavy (non-hydrogen) atoms. The molecule has 0 aliphatic heterocycles. The summed E-state index contributed by atoms with van der Waals surface area (Å²) in [7, 11) is 0. The maximum atomic E-state index is 7.08. The van der Waals surface area contributed by atoms with Gasteiger partial charge in [-0.05, 0) is 66.1 Å². The van der Waals surface area contributed by atoms with E-state index in [1.165, 1.54) is 32.1 Å². The molecule has 0 radical (unpaired) electrons. The van der Waals surface area contributed by atoms with Crippen molar-refractivity contribution in [2.45, 2.75) is 140 Å². The molecule has 5 unspecified atom stereocenters. The van der Waals surface area contributed by atoms with Gasteiger partial charge < -0.3 is 5.73 Å². The summed E-state index contributed by atoms with van der Waals surface area (Å²) in [6.45, 7) is 31.9. The Morgan fingerprint density at radius 2 is 0.704 bits per heavy atom. The molecule has 0 aliphatic carbocycles. The molecule has 0 aliphatic rings. The fraction of sp³-hybridized carbons (Fsp3) is 1.00. The second-order valence-corrected chi connectivity index (χ2v) is 10.8. The molecular formula is C26H55N. The van der Waals surface area contributed by atoms with Gasteiger partial charge in [-0.2, -0.15) is 0 Å². The van der Waals surface area contributed by atoms with Crippen LogP contribution in [0, 0.1) is 27.1 Å². The zero-order valence-electron chi connectivity index (χ0n) is 21.5. The van der Waals surface area contributed by atoms with Gasteiger partial charge in [0.15, 0.2) is 0 Å². The van der Waals surface area contributed by atoms with E-state index in [-0.39, 0.29) is 27.2 Å². The van der Waals surface area contributed by atoms with Gasteiger partial charge in [0.1, 0.15) is 0 Å². The van der Waals surface area contributed by atoms with Crippen LogP contribution in [0.1, 0.15) is 135 Å². The Morgan fingerprint density at radius 1 is 0.407 bits per heavy atom. The number of rotatable bonds is 12. The van der Waals surface area contributed by atoms with Crippen molar-refractivity contribution in [3.63, 3.8) is 0 Å². The molecule has 0 bridgehead atoms. The minimum absolute atomic E-state index is 0.0765. The summed E-state index contributed by atoms with van der Waals surface area (Å²) in [5.41, 5.74) is 7.91. The number of hydrogen-bond acceptors (Lipinski definition) is 1. The Kier molecular flexibility index (Phi) is 8.75. The maximum absolute atomic E-state index is 7.08. The number of hydrogen-bond donors (Lipinski definition) is 1. The Labute approximate surface area is 173 Å². The lowest BCUT2D eigenvalue weighted by atomic mass is 9.35. The van der Waals surface area contributed by atoms with E-state index >= 15 is 0 Å². The van der Waals surface area contributed by atoms with Crippen LogP contribution in [0.2, 0.25) is 0 Å². The first-order chi connectivity index (χ1) is 12.2. The molecule has 0 fully saturated rings. The summed E-state index contributed by atoms with van der Waals surface area (Å²) in [5, 5.41) is 0. The summed E-state index contributed by atoms with van der Waals surface area (Å²) < 4.78 is 0. The quantitative estimate of drug-likeness (QED) is 0.360. The molecule has 0 rings (SSSR count). The Bertz CT molecular complexity index is 463. The standard InChI is InChI=1S/C26H55N/c1-14-21(8,15-2)22(9,16-3)23(10,17-4)24(11,18-5)25(12,19-6)26(13,27)20-7/h14-20,27H2,1-13H3. The summed E-state index contributed by atoms with van der Waals surface area (Å²) in [6, 6.07) is 0. The van der Waals surface area contributed by atoms with Gasteiger partial charge in [-0.15, -0.1) is 0 Å². The molecule has 0 aromatic carbocycles. The molecule has 0 spiro atoms. The molecule has 5 atom stereocenters. The highest BCUT2D eigenvalue weighted by molar-refractivity contribution is 5.15. The Morgan fingerprint density at radius 3 is 0.926 bits per heavy atom. The van der Waals surface area contributed by atoms with Crippen LogP contribution in [0.25, 0.3) is 0 Å². The van der Waals surface area contributed by atoms with Crippen molar-refractivity contribution in [3.8, 4) is 0 Å². The zero-order valence-corrected chi connectivity index (χ0v) is 21.5. The summed E-state index contributed by atoms with van der Waals surface area (Å²) >= 11 is 0. The van der Waals surface area contributed by atoms with Crippen LogP contribution in [-0.4, -0.2) is 5.54 Å². The van der Waals surface area contributed by atoms with E-state index in [1.807, 2.05) is 0 Å². The van der Waals surface area contributed by atoms with E-state index < -0.39 is 0 Å². The predicted octanol–water partition coefficient (Wildman–Crippen LogP) is 8.61. The lowest BCUT2D eigenvalue weighted by Gasteiger charge is -2.70. The third-order valence-corrected chi connectivity index (χ3v) is 11.4. The van der Waals surface area contributed by atoms with Crippen LogP contribution < -0.4 is 5.73 Å². The van der Waals surface area contributed by atoms with Crippen molar-refractivity contribution in [2.75, 3.05) is 0 Å². The molecule has 2 N–H and O–H groups in total. The smallest absolute Gasteiger partial charge is 0.0182 e. The van der Waals surface area contributed by atoms with Crippen molar-refractivity contribution >= 4 is 0 Å². The predicted molar refractivity (Wildman–Crippen MR) is 125 cm³/mol. The molecule has 0 aromatic heterocycles. The summed E-state index contributed by atoms with van der Waals surface area (Å²) in [4.78, 5) is 0. The van der Waals surface area contributed by atoms with Gasteiger partial charge >= 0.3 is 0 Å². The van der Waals surface area contributed by atoms with Gasteiger partial charge in [-0.25, -0.2) is 0 Å². The fourth-order valence-electron chi connectivity index (χ4n) is 7.11. The molecule has 0 heterocycles. The minimum atomic E-state index is -0.174. The van der Waals surface area contributed by atoms with Crippen LogP contribution in [0.4, 0.5) is 0 Å². The largest absolute Gasteiger partial charge is 0.325 e. The van der Waals surface area contributed by atoms with Gasteiger partial charge in [0.25, 0.3) is 0 Å². The second-order valence-electron chi connectivity index (χ2n) is 10.8. The average molecular weight is 382 g/mol. The van der Waals surface area contributed by atoms with Crippen LogP contribution in [0.15, 0.2) is 0 Å². The molecular weight excluding hydrogens is 326 g/mol. The minimum Gasteiger partial charge on any atom is -0.325 e. The average Bonchev–Trinajstić information content (AvgIpc) is 2.69. The fourth-order valence-corrected chi connectivity index (χ4v) is 7.11. The third-order valence-electron chi connectivity index (χ3n) is 11.4. The van der Waals surface area contributed by atoms with Crippen LogP contribution in [0.5, 0.6) is 0 Å². The van der Waals surface area contributed by atoms with E-state index in [0.717, 1.165) is 12.8 Å². The third kappa shape index (κ3) is 3.43.